The second-order valence-corrected chi connectivity index (χ2v) is 19.7. The third kappa shape index (κ3) is 18.5. The van der Waals surface area contributed by atoms with Gasteiger partial charge in [-0.1, -0.05) is 14.9 Å². The summed E-state index contributed by atoms with van der Waals surface area (Å²) in [7, 11) is -7.18. The van der Waals surface area contributed by atoms with Crippen molar-refractivity contribution in [2.45, 2.75) is 115 Å². The minimum absolute atomic E-state index is 0. The van der Waals surface area contributed by atoms with Gasteiger partial charge >= 0.3 is 0 Å². The molecule has 392 valence electrons. The van der Waals surface area contributed by atoms with E-state index >= 15 is 0 Å². The van der Waals surface area contributed by atoms with Gasteiger partial charge in [0.15, 0.2) is 0 Å². The average molecular weight is 1040 g/mol. The smallest absolute Gasteiger partial charge is 0.264 e. The van der Waals surface area contributed by atoms with Gasteiger partial charge in [-0.3, -0.25) is 8.37 Å². The van der Waals surface area contributed by atoms with Crippen LogP contribution in [0.4, 0.5) is 17.6 Å². The van der Waals surface area contributed by atoms with E-state index in [0.29, 0.717) is 74.4 Å². The number of aliphatic hydroxyl groups excluding tert-OH is 6. The molecule has 0 saturated heterocycles. The van der Waals surface area contributed by atoms with Gasteiger partial charge in [0.25, 0.3) is 20.2 Å². The van der Waals surface area contributed by atoms with E-state index in [2.05, 4.69) is 8.37 Å². The summed E-state index contributed by atoms with van der Waals surface area (Å²) in [5.74, 6) is 0.993. The van der Waals surface area contributed by atoms with Gasteiger partial charge in [0.1, 0.15) is 95.1 Å². The second kappa shape index (κ2) is 27.3. The van der Waals surface area contributed by atoms with E-state index in [4.69, 9.17) is 29.2 Å². The molecule has 4 heterocycles. The molecule has 22 heteroatoms. The van der Waals surface area contributed by atoms with Gasteiger partial charge in [0.2, 0.25) is 0 Å². The SMILES string of the molecule is C.C.CS(=O)(=O)OC[C@@H](O)[C@@H]1CCc2cc(F)ccc2O1.CS(=O)(=O)OC[C@@H](O)[C@H]1CCc2cc(F)ccc2O1.OC[C@@H](O)[C@@H]1CCc2cc(F)ccc2O1.OC[C@@H](O)[C@H]1CCc2cc(F)ccc2O1. The largest absolute Gasteiger partial charge is 0.487 e. The van der Waals surface area contributed by atoms with Crippen molar-refractivity contribution in [3.63, 3.8) is 0 Å². The molecule has 0 unspecified atom stereocenters. The molecule has 0 aliphatic carbocycles. The number of benzene rings is 4. The third-order valence-electron chi connectivity index (χ3n) is 11.0. The first-order valence-corrected chi connectivity index (χ1v) is 25.2. The summed E-state index contributed by atoms with van der Waals surface area (Å²) in [6.07, 6.45) is 0.684. The summed E-state index contributed by atoms with van der Waals surface area (Å²) in [5.41, 5.74) is 3.12. The molecule has 8 rings (SSSR count). The molecular weight excluding hydrogens is 973 g/mol. The normalized spacial score (nSPS) is 20.4. The quantitative estimate of drug-likeness (QED) is 0.0830. The Labute approximate surface area is 406 Å². The van der Waals surface area contributed by atoms with Gasteiger partial charge in [-0.05, 0) is 146 Å². The molecule has 0 saturated carbocycles. The highest BCUT2D eigenvalue weighted by molar-refractivity contribution is 7.86. The molecule has 6 N–H and O–H groups in total. The summed E-state index contributed by atoms with van der Waals surface area (Å²) in [6.45, 7) is -1.33. The van der Waals surface area contributed by atoms with E-state index in [1.807, 2.05) is 0 Å². The number of fused-ring (bicyclic) bond motifs is 4. The molecule has 16 nitrogen and oxygen atoms in total. The number of hydrogen-bond acceptors (Lipinski definition) is 16. The Hall–Kier alpha value is -4.62. The molecule has 0 spiro atoms. The van der Waals surface area contributed by atoms with E-state index in [1.165, 1.54) is 60.7 Å². The van der Waals surface area contributed by atoms with Crippen molar-refractivity contribution in [2.75, 3.05) is 38.9 Å². The lowest BCUT2D eigenvalue weighted by molar-refractivity contribution is -0.00965. The van der Waals surface area contributed by atoms with E-state index in [-0.39, 0.29) is 64.5 Å². The fourth-order valence-corrected chi connectivity index (χ4v) is 8.21. The van der Waals surface area contributed by atoms with Crippen molar-refractivity contribution in [1.29, 1.82) is 0 Å². The third-order valence-corrected chi connectivity index (χ3v) is 12.1. The molecule has 8 atom stereocenters. The predicted octanol–water partition coefficient (Wildman–Crippen LogP) is 4.73. The van der Waals surface area contributed by atoms with E-state index in [9.17, 15) is 54.8 Å². The highest BCUT2D eigenvalue weighted by atomic mass is 32.2. The Kier molecular flexibility index (Phi) is 23.3. The van der Waals surface area contributed by atoms with Crippen LogP contribution in [0.5, 0.6) is 23.0 Å². The molecule has 70 heavy (non-hydrogen) atoms. The highest BCUT2D eigenvalue weighted by Crippen LogP contribution is 2.32. The van der Waals surface area contributed by atoms with Crippen LogP contribution in [0.15, 0.2) is 72.8 Å². The summed E-state index contributed by atoms with van der Waals surface area (Å²) in [4.78, 5) is 0. The van der Waals surface area contributed by atoms with Crippen LogP contribution < -0.4 is 18.9 Å². The van der Waals surface area contributed by atoms with Crippen molar-refractivity contribution in [2.24, 2.45) is 0 Å². The van der Waals surface area contributed by atoms with Crippen LogP contribution in [-0.4, -0.2) is 135 Å². The highest BCUT2D eigenvalue weighted by Gasteiger charge is 2.30. The summed E-state index contributed by atoms with van der Waals surface area (Å²) in [5, 5.41) is 56.1. The molecule has 4 aliphatic rings. The van der Waals surface area contributed by atoms with E-state index in [0.717, 1.165) is 34.8 Å². The lowest BCUT2D eigenvalue weighted by Crippen LogP contribution is -2.38. The number of aryl methyl sites for hydroxylation is 4. The number of halogens is 4. The van der Waals surface area contributed by atoms with Gasteiger partial charge in [0, 0.05) is 0 Å². The van der Waals surface area contributed by atoms with Crippen molar-refractivity contribution in [1.82, 2.24) is 0 Å². The molecule has 0 aromatic heterocycles. The van der Waals surface area contributed by atoms with Crippen LogP contribution in [0.3, 0.4) is 0 Å². The van der Waals surface area contributed by atoms with Gasteiger partial charge in [-0.25, -0.2) is 17.6 Å². The number of ether oxygens (including phenoxy) is 4. The second-order valence-electron chi connectivity index (χ2n) is 16.4. The van der Waals surface area contributed by atoms with Gasteiger partial charge in [-0.2, -0.15) is 16.8 Å². The van der Waals surface area contributed by atoms with Crippen molar-refractivity contribution < 1.29 is 92.4 Å². The van der Waals surface area contributed by atoms with E-state index in [1.54, 1.807) is 12.1 Å². The minimum atomic E-state index is -3.59. The Morgan fingerprint density at radius 1 is 0.471 bits per heavy atom. The molecule has 0 bridgehead atoms. The van der Waals surface area contributed by atoms with Crippen LogP contribution in [0, 0.1) is 23.3 Å². The minimum Gasteiger partial charge on any atom is -0.487 e. The number of rotatable bonds is 12. The average Bonchev–Trinajstić information content (AvgIpc) is 3.31. The fourth-order valence-electron chi connectivity index (χ4n) is 7.43. The van der Waals surface area contributed by atoms with Crippen molar-refractivity contribution in [3.8, 4) is 23.0 Å². The Morgan fingerprint density at radius 2 is 0.700 bits per heavy atom. The molecular formula is C48H64F4O16S2. The maximum atomic E-state index is 13.0. The molecule has 4 aliphatic heterocycles. The topological polar surface area (TPSA) is 245 Å². The fraction of sp³-hybridized carbons (Fsp3) is 0.500. The molecule has 4 aromatic rings. The molecule has 0 fully saturated rings. The predicted molar refractivity (Wildman–Crippen MR) is 250 cm³/mol. The van der Waals surface area contributed by atoms with Crippen LogP contribution >= 0.6 is 0 Å². The number of hydrogen-bond donors (Lipinski definition) is 6. The van der Waals surface area contributed by atoms with Crippen LogP contribution in [0.25, 0.3) is 0 Å². The zero-order valence-electron chi connectivity index (χ0n) is 37.1. The van der Waals surface area contributed by atoms with E-state index < -0.39 is 69.1 Å². The van der Waals surface area contributed by atoms with Crippen LogP contribution in [-0.2, 0) is 54.3 Å². The molecule has 0 amide bonds. The molecule has 4 aromatic carbocycles. The summed E-state index contributed by atoms with van der Waals surface area (Å²) in [6, 6.07) is 17.0. The Balaban J connectivity index is 0.000000246. The zero-order valence-corrected chi connectivity index (χ0v) is 38.8. The maximum absolute atomic E-state index is 13.0. The summed E-state index contributed by atoms with van der Waals surface area (Å²) < 4.78 is 126. The zero-order chi connectivity index (χ0) is 49.8. The number of aliphatic hydroxyl groups is 6. The monoisotopic (exact) mass is 1040 g/mol. The van der Waals surface area contributed by atoms with Crippen molar-refractivity contribution >= 4 is 20.2 Å². The summed E-state index contributed by atoms with van der Waals surface area (Å²) >= 11 is 0. The van der Waals surface area contributed by atoms with Gasteiger partial charge < -0.3 is 49.6 Å². The van der Waals surface area contributed by atoms with Gasteiger partial charge in [-0.15, -0.1) is 0 Å². The van der Waals surface area contributed by atoms with Crippen molar-refractivity contribution in [3.05, 3.63) is 118 Å². The van der Waals surface area contributed by atoms with Crippen LogP contribution in [0.2, 0.25) is 0 Å². The standard InChI is InChI=1S/2C12H15FO5S.2C11H13FO3.2CH4/c2*1-19(15,16)17-7-10(14)12-4-2-8-6-9(13)3-5-11(8)18-12;2*12-8-2-4-10-7(5-8)1-3-11(15-10)9(14)6-13;;/h2*3,5-6,10,12,14H,2,4,7H2,1H3;2*2,4-5,9,11,13-14H,1,3,6H2;2*1H4/t10-,12+;10-,12-;9-,11+;9-,11-;;/m1111../s1. The Bertz CT molecular complexity index is 2330. The first-order valence-electron chi connectivity index (χ1n) is 21.5. The first kappa shape index (κ1) is 59.7. The Morgan fingerprint density at radius 3 is 0.914 bits per heavy atom. The van der Waals surface area contributed by atoms with Gasteiger partial charge in [0.05, 0.1) is 38.9 Å². The lowest BCUT2D eigenvalue weighted by Gasteiger charge is -2.29. The first-order chi connectivity index (χ1) is 32.1. The lowest BCUT2D eigenvalue weighted by atomic mass is 9.99. The molecule has 0 radical (unpaired) electrons. The van der Waals surface area contributed by atoms with Crippen LogP contribution in [0.1, 0.15) is 62.8 Å². The maximum Gasteiger partial charge on any atom is 0.264 e.